The van der Waals surface area contributed by atoms with Crippen LogP contribution in [-0.2, 0) is 51.1 Å². The lowest BCUT2D eigenvalue weighted by molar-refractivity contribution is -0.146. The quantitative estimate of drug-likeness (QED) is 0.0809. The number of likely N-dealkylation sites (N-methyl/N-ethyl adjacent to an activating group) is 2. The Bertz CT molecular complexity index is 2050. The van der Waals surface area contributed by atoms with Gasteiger partial charge in [-0.15, -0.1) is 0 Å². The maximum atomic E-state index is 14.2. The molecule has 0 spiro atoms. The Morgan fingerprint density at radius 2 is 0.972 bits per heavy atom. The predicted octanol–water partition coefficient (Wildman–Crippen LogP) is 2.64. The van der Waals surface area contributed by atoms with Gasteiger partial charge in [0.2, 0.25) is 23.6 Å². The number of alkyl halides is 4. The highest BCUT2D eigenvalue weighted by Gasteiger charge is 2.41. The molecule has 0 radical (unpaired) electrons. The molecule has 72 heavy (non-hydrogen) atoms. The van der Waals surface area contributed by atoms with Crippen molar-refractivity contribution in [1.82, 2.24) is 40.9 Å². The zero-order chi connectivity index (χ0) is 52.7. The number of carbonyl (C=O) groups excluding carboxylic acids is 6. The molecular weight excluding hydrogens is 941 g/mol. The van der Waals surface area contributed by atoms with Crippen LogP contribution in [0.5, 0.6) is 0 Å². The van der Waals surface area contributed by atoms with Gasteiger partial charge in [0.25, 0.3) is 11.8 Å². The van der Waals surface area contributed by atoms with E-state index in [1.165, 1.54) is 9.80 Å². The lowest BCUT2D eigenvalue weighted by atomic mass is 10.1. The number of halogens is 4. The molecule has 0 aliphatic carbocycles. The van der Waals surface area contributed by atoms with Gasteiger partial charge in [0.05, 0.1) is 24.3 Å². The highest BCUT2D eigenvalue weighted by Crippen LogP contribution is 2.24. The summed E-state index contributed by atoms with van der Waals surface area (Å²) >= 11 is 0. The number of rotatable bonds is 26. The molecule has 2 saturated heterocycles. The van der Waals surface area contributed by atoms with Crippen LogP contribution in [0.4, 0.5) is 17.6 Å². The van der Waals surface area contributed by atoms with Crippen molar-refractivity contribution in [2.24, 2.45) is 0 Å². The summed E-state index contributed by atoms with van der Waals surface area (Å²) in [5, 5.41) is 11.2. The van der Waals surface area contributed by atoms with E-state index < -0.39 is 96.8 Å². The molecule has 4 rings (SSSR count). The zero-order valence-corrected chi connectivity index (χ0v) is 42.0. The van der Waals surface area contributed by atoms with E-state index >= 15 is 0 Å². The lowest BCUT2D eigenvalue weighted by Crippen LogP contribution is -2.59. The summed E-state index contributed by atoms with van der Waals surface area (Å²) in [6.45, 7) is 6.41. The third-order valence-corrected chi connectivity index (χ3v) is 13.0. The van der Waals surface area contributed by atoms with Crippen LogP contribution in [0.3, 0.4) is 0 Å². The topological polar surface area (TPSA) is 182 Å². The predicted molar refractivity (Wildman–Crippen MR) is 262 cm³/mol. The number of nitrogens with zero attached hydrogens (tertiary/aromatic N) is 4. The van der Waals surface area contributed by atoms with E-state index in [0.717, 1.165) is 20.9 Å². The number of ether oxygens (including phenoxy) is 2. The summed E-state index contributed by atoms with van der Waals surface area (Å²) in [5.41, 5.74) is 1.74. The van der Waals surface area contributed by atoms with Crippen LogP contribution in [0.2, 0.25) is 0 Å². The Kier molecular flexibility index (Phi) is 24.4. The molecule has 0 bridgehead atoms. The number of benzene rings is 2. The first-order valence-electron chi connectivity index (χ1n) is 24.4. The van der Waals surface area contributed by atoms with E-state index in [2.05, 4.69) is 44.9 Å². The molecule has 2 heterocycles. The first-order chi connectivity index (χ1) is 34.5. The van der Waals surface area contributed by atoms with Gasteiger partial charge < -0.3 is 50.3 Å². The Morgan fingerprint density at radius 3 is 1.31 bits per heavy atom. The highest BCUT2D eigenvalue weighted by molar-refractivity contribution is 5.91. The second-order valence-electron chi connectivity index (χ2n) is 17.9. The molecule has 0 saturated carbocycles. The van der Waals surface area contributed by atoms with Gasteiger partial charge in [0.15, 0.2) is 0 Å². The monoisotopic (exact) mass is 1010 g/mol. The van der Waals surface area contributed by atoms with Crippen molar-refractivity contribution in [1.29, 1.82) is 0 Å². The first kappa shape index (κ1) is 58.5. The molecule has 2 aliphatic rings. The normalized spacial score (nSPS) is 17.9. The maximum Gasteiger partial charge on any atom is 0.315 e. The van der Waals surface area contributed by atoms with Gasteiger partial charge in [-0.25, -0.2) is 0 Å². The molecule has 4 N–H and O–H groups in total. The second-order valence-corrected chi connectivity index (χ2v) is 17.9. The average molecular weight is 1010 g/mol. The van der Waals surface area contributed by atoms with Crippen molar-refractivity contribution >= 4 is 35.4 Å². The van der Waals surface area contributed by atoms with E-state index in [1.54, 1.807) is 41.8 Å². The molecule has 2 fully saturated rings. The first-order valence-corrected chi connectivity index (χ1v) is 24.4. The molecule has 2 aliphatic heterocycles. The fourth-order valence-electron chi connectivity index (χ4n) is 8.45. The highest BCUT2D eigenvalue weighted by atomic mass is 19.3. The number of hydrogen-bond acceptors (Lipinski definition) is 10. The van der Waals surface area contributed by atoms with E-state index in [0.29, 0.717) is 38.5 Å². The number of nitrogens with one attached hydrogen (secondary N) is 4. The molecule has 8 atom stereocenters. The van der Waals surface area contributed by atoms with Gasteiger partial charge in [0, 0.05) is 51.4 Å². The van der Waals surface area contributed by atoms with Crippen LogP contribution >= 0.6 is 0 Å². The molecule has 6 amide bonds. The summed E-state index contributed by atoms with van der Waals surface area (Å²) in [4.78, 5) is 85.2. The van der Waals surface area contributed by atoms with Crippen LogP contribution in [0, 0.1) is 23.7 Å². The second kappa shape index (κ2) is 30.1. The van der Waals surface area contributed by atoms with Crippen LogP contribution in [0.15, 0.2) is 60.7 Å². The molecule has 1 unspecified atom stereocenters. The minimum absolute atomic E-state index is 0.0287. The van der Waals surface area contributed by atoms with Crippen LogP contribution < -0.4 is 21.3 Å². The lowest BCUT2D eigenvalue weighted by Gasteiger charge is -2.34. The number of amides is 6. The Balaban J connectivity index is 1.39. The van der Waals surface area contributed by atoms with E-state index in [4.69, 9.17) is 9.47 Å². The SMILES string of the molecule is CN[C@@H](C)C(=O)NC(C(=O)N1CCC[C@H]1CN(CCc1ccccc1)C(=O)C(F)F)[C@H](C)OCC#CC#CCO[C@@H](C)[C@H](NC(=O)[C@@H](C)NC)C(=O)N1CCC[C@H]1CN(CCc1ccccc1)C(=O)C(F)F. The van der Waals surface area contributed by atoms with Gasteiger partial charge in [0.1, 0.15) is 25.3 Å². The summed E-state index contributed by atoms with van der Waals surface area (Å²) in [7, 11) is 3.18. The fourth-order valence-corrected chi connectivity index (χ4v) is 8.45. The van der Waals surface area contributed by atoms with Gasteiger partial charge in [-0.05, 0) is 103 Å². The molecule has 20 heteroatoms. The molecule has 2 aromatic carbocycles. The van der Waals surface area contributed by atoms with Crippen molar-refractivity contribution in [3.63, 3.8) is 0 Å². The summed E-state index contributed by atoms with van der Waals surface area (Å²) < 4.78 is 66.9. The van der Waals surface area contributed by atoms with Crippen LogP contribution in [-0.4, -0.2) is 183 Å². The summed E-state index contributed by atoms with van der Waals surface area (Å²) in [5.74, 6) is 6.20. The third kappa shape index (κ3) is 17.9. The Labute approximate surface area is 420 Å². The van der Waals surface area contributed by atoms with Crippen molar-refractivity contribution < 1.29 is 55.8 Å². The average Bonchev–Trinajstić information content (AvgIpc) is 4.06. The number of carbonyl (C=O) groups is 6. The van der Waals surface area contributed by atoms with Crippen molar-refractivity contribution in [2.45, 2.75) is 128 Å². The van der Waals surface area contributed by atoms with Crippen LogP contribution in [0.1, 0.15) is 64.5 Å². The summed E-state index contributed by atoms with van der Waals surface area (Å²) in [6, 6.07) is 13.4. The third-order valence-electron chi connectivity index (χ3n) is 13.0. The molecule has 2 aromatic rings. The number of likely N-dealkylation sites (tertiary alicyclic amines) is 2. The molecule has 394 valence electrons. The van der Waals surface area contributed by atoms with Gasteiger partial charge in [-0.2, -0.15) is 17.6 Å². The van der Waals surface area contributed by atoms with E-state index in [-0.39, 0.29) is 52.5 Å². The van der Waals surface area contributed by atoms with Crippen molar-refractivity contribution in [2.75, 3.05) is 66.6 Å². The number of hydrogen-bond donors (Lipinski definition) is 4. The minimum atomic E-state index is -3.22. The Hall–Kier alpha value is -6.06. The Morgan fingerprint density at radius 1 is 0.611 bits per heavy atom. The van der Waals surface area contributed by atoms with E-state index in [1.807, 2.05) is 60.7 Å². The largest absolute Gasteiger partial charge is 0.363 e. The molecule has 16 nitrogen and oxygen atoms in total. The van der Waals surface area contributed by atoms with Crippen molar-refractivity contribution in [3.05, 3.63) is 71.8 Å². The fraction of sp³-hybridized carbons (Fsp3) is 0.577. The maximum absolute atomic E-state index is 14.2. The van der Waals surface area contributed by atoms with Crippen molar-refractivity contribution in [3.8, 4) is 23.7 Å². The van der Waals surface area contributed by atoms with E-state index in [9.17, 15) is 46.3 Å². The van der Waals surface area contributed by atoms with Gasteiger partial charge in [-0.1, -0.05) is 72.5 Å². The zero-order valence-electron chi connectivity index (χ0n) is 42.0. The summed E-state index contributed by atoms with van der Waals surface area (Å²) in [6.07, 6.45) is -5.54. The smallest absolute Gasteiger partial charge is 0.315 e. The molecular formula is C52H70F4N8O8. The van der Waals surface area contributed by atoms with Gasteiger partial charge in [-0.3, -0.25) is 28.8 Å². The minimum Gasteiger partial charge on any atom is -0.363 e. The standard InChI is InChI=1S/C52H70F4N8O8/c1-35(57-5)47(65)59-43(49(67)63-27-17-23-41(63)33-61(51(69)45(53)54)29-25-39-19-11-9-12-20-39)37(3)71-31-15-7-8-16-32-72-38(4)44(60-48(66)36(2)58-6)50(68)64-28-18-24-42(64)34-62(52(70)46(55)56)30-26-40-21-13-10-14-22-40/h9-14,19-22,35-38,41-46,57-58H,17-18,23-34H2,1-6H3,(H,59,65)(H,60,66)/t35-,36+,37-,38-,41-,42-,43?,44-/m0/s1. The molecule has 0 aromatic heterocycles. The van der Waals surface area contributed by atoms with Gasteiger partial charge >= 0.3 is 12.9 Å². The van der Waals surface area contributed by atoms with Crippen LogP contribution in [0.25, 0.3) is 0 Å².